The zero-order valence-corrected chi connectivity index (χ0v) is 9.96. The van der Waals surface area contributed by atoms with Crippen molar-refractivity contribution in [2.45, 2.75) is 38.8 Å². The second-order valence-electron chi connectivity index (χ2n) is 4.22. The lowest BCUT2D eigenvalue weighted by atomic mass is 9.98. The number of nitrogens with two attached hydrogens (primary N) is 1. The van der Waals surface area contributed by atoms with Gasteiger partial charge in [-0.15, -0.1) is 0 Å². The third-order valence-corrected chi connectivity index (χ3v) is 2.89. The van der Waals surface area contributed by atoms with E-state index in [-0.39, 0.29) is 6.61 Å². The van der Waals surface area contributed by atoms with Crippen LogP contribution in [0.25, 0.3) is 0 Å². The molecule has 1 aromatic heterocycles. The van der Waals surface area contributed by atoms with Crippen LogP contribution in [0.4, 0.5) is 0 Å². The van der Waals surface area contributed by atoms with E-state index in [1.807, 2.05) is 18.5 Å². The predicted octanol–water partition coefficient (Wildman–Crippen LogP) is 1.33. The molecule has 86 valence electrons. The lowest BCUT2D eigenvalue weighted by Gasteiger charge is -2.21. The molecule has 5 heteroatoms. The number of nitrogens with zero attached hydrogens (tertiary/aromatic N) is 2. The molecule has 1 aromatic rings. The van der Waals surface area contributed by atoms with Crippen molar-refractivity contribution in [2.75, 3.05) is 6.61 Å². The third-order valence-electron chi connectivity index (χ3n) is 2.52. The van der Waals surface area contributed by atoms with E-state index in [1.165, 1.54) is 0 Å². The first-order valence-corrected chi connectivity index (χ1v) is 5.42. The average molecular weight is 232 g/mol. The molecule has 0 aliphatic heterocycles. The first kappa shape index (κ1) is 12.5. The summed E-state index contributed by atoms with van der Waals surface area (Å²) in [5.74, 6) is 0. The highest BCUT2D eigenvalue weighted by atomic mass is 35.5. The summed E-state index contributed by atoms with van der Waals surface area (Å²) in [4.78, 5) is 0. The minimum atomic E-state index is -0.495. The molecule has 0 aromatic carbocycles. The van der Waals surface area contributed by atoms with Crippen molar-refractivity contribution < 1.29 is 5.11 Å². The highest BCUT2D eigenvalue weighted by Crippen LogP contribution is 2.15. The van der Waals surface area contributed by atoms with Crippen LogP contribution in [0.15, 0.2) is 6.20 Å². The first-order valence-electron chi connectivity index (χ1n) is 5.04. The number of aliphatic hydroxyl groups is 1. The molecule has 0 radical (unpaired) electrons. The molecule has 0 saturated heterocycles. The van der Waals surface area contributed by atoms with Gasteiger partial charge >= 0.3 is 0 Å². The van der Waals surface area contributed by atoms with Gasteiger partial charge in [0, 0.05) is 12.1 Å². The fourth-order valence-electron chi connectivity index (χ4n) is 1.36. The highest BCUT2D eigenvalue weighted by Gasteiger charge is 2.16. The molecule has 1 unspecified atom stereocenters. The van der Waals surface area contributed by atoms with Gasteiger partial charge in [0.15, 0.2) is 0 Å². The van der Waals surface area contributed by atoms with Crippen molar-refractivity contribution in [2.24, 2.45) is 5.73 Å². The quantitative estimate of drug-likeness (QED) is 0.804. The number of aliphatic hydroxyl groups excluding tert-OH is 1. The summed E-state index contributed by atoms with van der Waals surface area (Å²) in [6.07, 6.45) is 3.29. The average Bonchev–Trinajstić information content (AvgIpc) is 2.49. The highest BCUT2D eigenvalue weighted by molar-refractivity contribution is 6.31. The minimum Gasteiger partial charge on any atom is -0.394 e. The maximum absolute atomic E-state index is 8.98. The van der Waals surface area contributed by atoms with E-state index in [0.29, 0.717) is 5.02 Å². The monoisotopic (exact) mass is 231 g/mol. The van der Waals surface area contributed by atoms with E-state index >= 15 is 0 Å². The molecule has 1 heterocycles. The SMILES string of the molecule is Cc1c(Cl)cnn1CCCC(C)(N)CO. The van der Waals surface area contributed by atoms with Gasteiger partial charge in [-0.1, -0.05) is 11.6 Å². The normalized spacial score (nSPS) is 15.3. The smallest absolute Gasteiger partial charge is 0.0814 e. The van der Waals surface area contributed by atoms with Gasteiger partial charge in [-0.2, -0.15) is 5.10 Å². The van der Waals surface area contributed by atoms with Gasteiger partial charge in [0.25, 0.3) is 0 Å². The second kappa shape index (κ2) is 4.96. The van der Waals surface area contributed by atoms with Crippen LogP contribution < -0.4 is 5.73 Å². The minimum absolute atomic E-state index is 0.00580. The topological polar surface area (TPSA) is 64.1 Å². The molecule has 0 saturated carbocycles. The van der Waals surface area contributed by atoms with Crippen LogP contribution in [0.3, 0.4) is 0 Å². The molecule has 0 amide bonds. The lowest BCUT2D eigenvalue weighted by molar-refractivity contribution is 0.196. The second-order valence-corrected chi connectivity index (χ2v) is 4.62. The van der Waals surface area contributed by atoms with Crippen LogP contribution in [0.5, 0.6) is 0 Å². The molecule has 0 aliphatic rings. The van der Waals surface area contributed by atoms with Crippen molar-refractivity contribution in [3.63, 3.8) is 0 Å². The Morgan fingerprint density at radius 3 is 2.80 bits per heavy atom. The Hall–Kier alpha value is -0.580. The predicted molar refractivity (Wildman–Crippen MR) is 60.9 cm³/mol. The van der Waals surface area contributed by atoms with Crippen molar-refractivity contribution in [1.82, 2.24) is 9.78 Å². The summed E-state index contributed by atoms with van der Waals surface area (Å²) >= 11 is 5.88. The van der Waals surface area contributed by atoms with Crippen LogP contribution in [-0.4, -0.2) is 27.0 Å². The number of hydrogen-bond acceptors (Lipinski definition) is 3. The number of aryl methyl sites for hydroxylation is 1. The van der Waals surface area contributed by atoms with Crippen LogP contribution in [0.2, 0.25) is 5.02 Å². The Bertz CT molecular complexity index is 322. The summed E-state index contributed by atoms with van der Waals surface area (Å²) in [6.45, 7) is 4.57. The van der Waals surface area contributed by atoms with Crippen molar-refractivity contribution in [3.8, 4) is 0 Å². The summed E-state index contributed by atoms with van der Waals surface area (Å²) in [7, 11) is 0. The zero-order chi connectivity index (χ0) is 11.5. The van der Waals surface area contributed by atoms with E-state index < -0.39 is 5.54 Å². The first-order chi connectivity index (χ1) is 6.96. The maximum Gasteiger partial charge on any atom is 0.0814 e. The van der Waals surface area contributed by atoms with Gasteiger partial charge in [0.1, 0.15) is 0 Å². The molecule has 0 fully saturated rings. The molecule has 1 atom stereocenters. The number of hydrogen-bond donors (Lipinski definition) is 2. The maximum atomic E-state index is 8.98. The van der Waals surface area contributed by atoms with Crippen molar-refractivity contribution in [3.05, 3.63) is 16.9 Å². The van der Waals surface area contributed by atoms with Gasteiger partial charge < -0.3 is 10.8 Å². The van der Waals surface area contributed by atoms with Crippen LogP contribution in [-0.2, 0) is 6.54 Å². The molecular weight excluding hydrogens is 214 g/mol. The Kier molecular flexibility index (Phi) is 4.13. The van der Waals surface area contributed by atoms with Crippen LogP contribution in [0.1, 0.15) is 25.5 Å². The van der Waals surface area contributed by atoms with Gasteiger partial charge in [0.2, 0.25) is 0 Å². The molecule has 4 nitrogen and oxygen atoms in total. The number of rotatable bonds is 5. The third kappa shape index (κ3) is 3.48. The van der Waals surface area contributed by atoms with Crippen LogP contribution >= 0.6 is 11.6 Å². The molecular formula is C10H18ClN3O. The van der Waals surface area contributed by atoms with Crippen LogP contribution in [0, 0.1) is 6.92 Å². The Morgan fingerprint density at radius 2 is 2.33 bits per heavy atom. The van der Waals surface area contributed by atoms with Gasteiger partial charge in [0.05, 0.1) is 23.5 Å². The van der Waals surface area contributed by atoms with Crippen molar-refractivity contribution in [1.29, 1.82) is 0 Å². The van der Waals surface area contributed by atoms with E-state index in [2.05, 4.69) is 5.10 Å². The van der Waals surface area contributed by atoms with Gasteiger partial charge in [-0.25, -0.2) is 0 Å². The summed E-state index contributed by atoms with van der Waals surface area (Å²) in [6, 6.07) is 0. The molecule has 3 N–H and O–H groups in total. The Balaban J connectivity index is 2.42. The molecule has 0 bridgehead atoms. The standard InChI is InChI=1S/C10H18ClN3O/c1-8-9(11)6-13-14(8)5-3-4-10(2,12)7-15/h6,15H,3-5,7,12H2,1-2H3. The van der Waals surface area contributed by atoms with Gasteiger partial charge in [-0.05, 0) is 26.7 Å². The fraction of sp³-hybridized carbons (Fsp3) is 0.700. The summed E-state index contributed by atoms with van der Waals surface area (Å²) in [5.41, 5.74) is 6.29. The molecule has 0 spiro atoms. The Labute approximate surface area is 95.0 Å². The largest absolute Gasteiger partial charge is 0.394 e. The number of aromatic nitrogens is 2. The zero-order valence-electron chi connectivity index (χ0n) is 9.20. The lowest BCUT2D eigenvalue weighted by Crippen LogP contribution is -2.40. The number of halogens is 1. The van der Waals surface area contributed by atoms with Crippen molar-refractivity contribution >= 4 is 11.6 Å². The van der Waals surface area contributed by atoms with E-state index in [0.717, 1.165) is 25.1 Å². The molecule has 0 aliphatic carbocycles. The van der Waals surface area contributed by atoms with E-state index in [1.54, 1.807) is 6.20 Å². The summed E-state index contributed by atoms with van der Waals surface area (Å²) in [5, 5.41) is 13.8. The fourth-order valence-corrected chi connectivity index (χ4v) is 1.50. The van der Waals surface area contributed by atoms with E-state index in [4.69, 9.17) is 22.4 Å². The Morgan fingerprint density at radius 1 is 1.67 bits per heavy atom. The molecule has 1 rings (SSSR count). The summed E-state index contributed by atoms with van der Waals surface area (Å²) < 4.78 is 1.86. The van der Waals surface area contributed by atoms with Gasteiger partial charge in [-0.3, -0.25) is 4.68 Å². The molecule has 15 heavy (non-hydrogen) atoms. The van der Waals surface area contributed by atoms with E-state index in [9.17, 15) is 0 Å².